The lowest BCUT2D eigenvalue weighted by Gasteiger charge is -2.04. The van der Waals surface area contributed by atoms with Crippen molar-refractivity contribution in [2.24, 2.45) is 0 Å². The van der Waals surface area contributed by atoms with E-state index in [1.807, 2.05) is 6.92 Å². The van der Waals surface area contributed by atoms with E-state index in [4.69, 9.17) is 0 Å². The molecule has 0 aliphatic carbocycles. The summed E-state index contributed by atoms with van der Waals surface area (Å²) in [7, 11) is -8.70. The first-order chi connectivity index (χ1) is 6.87. The molecule has 90 valence electrons. The van der Waals surface area contributed by atoms with Crippen LogP contribution in [0.1, 0.15) is 26.2 Å². The van der Waals surface area contributed by atoms with E-state index in [0.717, 1.165) is 6.42 Å². The van der Waals surface area contributed by atoms with Crippen molar-refractivity contribution in [3.63, 3.8) is 0 Å². The van der Waals surface area contributed by atoms with E-state index in [9.17, 15) is 16.8 Å². The SMILES string of the molecule is C=CCOS(=O)(=O)S(=O)(=O)CCCCC. The summed E-state index contributed by atoms with van der Waals surface area (Å²) in [5.41, 5.74) is 0. The van der Waals surface area contributed by atoms with E-state index in [0.29, 0.717) is 12.8 Å². The molecule has 7 heteroatoms. The van der Waals surface area contributed by atoms with Gasteiger partial charge in [-0.05, 0) is 6.42 Å². The molecule has 0 aromatic heterocycles. The average Bonchev–Trinajstić information content (AvgIpc) is 2.15. The molecule has 0 N–H and O–H groups in total. The first kappa shape index (κ1) is 14.6. The quantitative estimate of drug-likeness (QED) is 0.368. The molecule has 0 rings (SSSR count). The number of unbranched alkanes of at least 4 members (excludes halogenated alkanes) is 2. The lowest BCUT2D eigenvalue weighted by atomic mass is 10.3. The van der Waals surface area contributed by atoms with Crippen molar-refractivity contribution in [3.8, 4) is 0 Å². The molecule has 0 saturated carbocycles. The van der Waals surface area contributed by atoms with Gasteiger partial charge in [0, 0.05) is 0 Å². The standard InChI is InChI=1S/C8H16O5S2/c1-3-5-6-8-14(9,10)15(11,12)13-7-4-2/h4H,2-3,5-8H2,1H3. The molecule has 0 aliphatic heterocycles. The molecule has 0 spiro atoms. The van der Waals surface area contributed by atoms with E-state index in [1.54, 1.807) is 0 Å². The van der Waals surface area contributed by atoms with Crippen LogP contribution in [0.4, 0.5) is 0 Å². The van der Waals surface area contributed by atoms with Gasteiger partial charge in [0.15, 0.2) is 0 Å². The summed E-state index contributed by atoms with van der Waals surface area (Å²) < 4.78 is 49.1. The summed E-state index contributed by atoms with van der Waals surface area (Å²) >= 11 is 0. The van der Waals surface area contributed by atoms with Crippen LogP contribution >= 0.6 is 0 Å². The summed E-state index contributed by atoms with van der Waals surface area (Å²) in [5, 5.41) is 0. The highest BCUT2D eigenvalue weighted by Crippen LogP contribution is 2.09. The van der Waals surface area contributed by atoms with Crippen molar-refractivity contribution in [3.05, 3.63) is 12.7 Å². The molecular formula is C8H16O5S2. The average molecular weight is 256 g/mol. The zero-order chi connectivity index (χ0) is 11.9. The van der Waals surface area contributed by atoms with Crippen LogP contribution in [-0.2, 0) is 22.2 Å². The van der Waals surface area contributed by atoms with Crippen molar-refractivity contribution < 1.29 is 21.0 Å². The topological polar surface area (TPSA) is 77.5 Å². The molecule has 0 aromatic carbocycles. The maximum absolute atomic E-state index is 11.3. The maximum atomic E-state index is 11.3. The molecule has 0 aliphatic rings. The van der Waals surface area contributed by atoms with E-state index in [-0.39, 0.29) is 12.4 Å². The highest BCUT2D eigenvalue weighted by Gasteiger charge is 2.29. The molecule has 0 amide bonds. The van der Waals surface area contributed by atoms with Gasteiger partial charge in [0.25, 0.3) is 8.87 Å². The zero-order valence-corrected chi connectivity index (χ0v) is 10.3. The third kappa shape index (κ3) is 4.76. The second-order valence-corrected chi connectivity index (χ2v) is 8.27. The van der Waals surface area contributed by atoms with E-state index in [2.05, 4.69) is 10.8 Å². The Morgan fingerprint density at radius 3 is 2.27 bits per heavy atom. The van der Waals surface area contributed by atoms with Gasteiger partial charge in [0.1, 0.15) is 0 Å². The molecule has 0 atom stereocenters. The Hall–Kier alpha value is -0.400. The lowest BCUT2D eigenvalue weighted by molar-refractivity contribution is 0.367. The highest BCUT2D eigenvalue weighted by atomic mass is 33.2. The molecule has 0 bridgehead atoms. The van der Waals surface area contributed by atoms with Gasteiger partial charge < -0.3 is 0 Å². The third-order valence-corrected chi connectivity index (χ3v) is 6.13. The van der Waals surface area contributed by atoms with Gasteiger partial charge in [-0.25, -0.2) is 8.42 Å². The minimum absolute atomic E-state index is 0.324. The van der Waals surface area contributed by atoms with Crippen LogP contribution in [0.2, 0.25) is 0 Å². The van der Waals surface area contributed by atoms with Crippen LogP contribution in [0.15, 0.2) is 12.7 Å². The van der Waals surface area contributed by atoms with Crippen molar-refractivity contribution >= 4 is 18.0 Å². The summed E-state index contributed by atoms with van der Waals surface area (Å²) in [6, 6.07) is 0. The van der Waals surface area contributed by atoms with Gasteiger partial charge in [0.05, 0.1) is 12.4 Å². The first-order valence-electron chi connectivity index (χ1n) is 4.60. The Morgan fingerprint density at radius 1 is 1.20 bits per heavy atom. The monoisotopic (exact) mass is 256 g/mol. The molecular weight excluding hydrogens is 240 g/mol. The maximum Gasteiger partial charge on any atom is 0.375 e. The Kier molecular flexibility index (Phi) is 6.07. The molecule has 0 radical (unpaired) electrons. The third-order valence-electron chi connectivity index (χ3n) is 1.64. The Morgan fingerprint density at radius 2 is 1.80 bits per heavy atom. The molecule has 15 heavy (non-hydrogen) atoms. The van der Waals surface area contributed by atoms with Gasteiger partial charge in [-0.15, -0.1) is 6.58 Å². The van der Waals surface area contributed by atoms with Crippen LogP contribution in [-0.4, -0.2) is 29.2 Å². The molecule has 0 aromatic rings. The first-order valence-corrected chi connectivity index (χ1v) is 8.18. The summed E-state index contributed by atoms with van der Waals surface area (Å²) in [4.78, 5) is 0. The second-order valence-electron chi connectivity index (χ2n) is 2.95. The van der Waals surface area contributed by atoms with Crippen molar-refractivity contribution in [2.75, 3.05) is 12.4 Å². The Balaban J connectivity index is 4.50. The van der Waals surface area contributed by atoms with Crippen LogP contribution in [0, 0.1) is 0 Å². The predicted octanol–water partition coefficient (Wildman–Crippen LogP) is 1.04. The van der Waals surface area contributed by atoms with Gasteiger partial charge in [0.2, 0.25) is 0 Å². The predicted molar refractivity (Wildman–Crippen MR) is 58.4 cm³/mol. The van der Waals surface area contributed by atoms with Crippen LogP contribution in [0.25, 0.3) is 0 Å². The van der Waals surface area contributed by atoms with Gasteiger partial charge in [-0.2, -0.15) is 8.42 Å². The Bertz CT molecular complexity index is 379. The smallest absolute Gasteiger partial charge is 0.254 e. The van der Waals surface area contributed by atoms with E-state index >= 15 is 0 Å². The number of hydrogen-bond acceptors (Lipinski definition) is 5. The molecule has 0 unspecified atom stereocenters. The summed E-state index contributed by atoms with van der Waals surface area (Å²) in [6.07, 6.45) is 3.01. The molecule has 0 saturated heterocycles. The van der Waals surface area contributed by atoms with Crippen LogP contribution in [0.5, 0.6) is 0 Å². The highest BCUT2D eigenvalue weighted by molar-refractivity contribution is 8.65. The molecule has 0 heterocycles. The summed E-state index contributed by atoms with van der Waals surface area (Å²) in [5.74, 6) is -0.389. The minimum Gasteiger partial charge on any atom is -0.254 e. The largest absolute Gasteiger partial charge is 0.375 e. The van der Waals surface area contributed by atoms with Crippen molar-refractivity contribution in [2.45, 2.75) is 26.2 Å². The van der Waals surface area contributed by atoms with E-state index < -0.39 is 18.0 Å². The van der Waals surface area contributed by atoms with Crippen LogP contribution in [0.3, 0.4) is 0 Å². The Labute approximate surface area is 90.6 Å². The van der Waals surface area contributed by atoms with Crippen molar-refractivity contribution in [1.82, 2.24) is 0 Å². The van der Waals surface area contributed by atoms with E-state index in [1.165, 1.54) is 6.08 Å². The fraction of sp³-hybridized carbons (Fsp3) is 0.750. The number of rotatable bonds is 8. The van der Waals surface area contributed by atoms with Crippen LogP contribution < -0.4 is 0 Å². The zero-order valence-electron chi connectivity index (χ0n) is 8.68. The normalized spacial score (nSPS) is 12.6. The fourth-order valence-electron chi connectivity index (χ4n) is 0.836. The van der Waals surface area contributed by atoms with Gasteiger partial charge >= 0.3 is 9.15 Å². The van der Waals surface area contributed by atoms with Crippen molar-refractivity contribution in [1.29, 1.82) is 0 Å². The lowest BCUT2D eigenvalue weighted by Crippen LogP contribution is -2.21. The molecule has 5 nitrogen and oxygen atoms in total. The fourth-order valence-corrected chi connectivity index (χ4v) is 3.58. The summed E-state index contributed by atoms with van der Waals surface area (Å²) in [6.45, 7) is 4.81. The molecule has 0 fully saturated rings. The van der Waals surface area contributed by atoms with Gasteiger partial charge in [-0.1, -0.05) is 25.8 Å². The van der Waals surface area contributed by atoms with Gasteiger partial charge in [-0.3, -0.25) is 4.18 Å². The second kappa shape index (κ2) is 6.24. The minimum atomic E-state index is -4.50. The number of hydrogen-bond donors (Lipinski definition) is 0.